The lowest BCUT2D eigenvalue weighted by Gasteiger charge is -2.12. The van der Waals surface area contributed by atoms with Gasteiger partial charge in [0.05, 0.1) is 24.0 Å². The van der Waals surface area contributed by atoms with E-state index in [1.54, 1.807) is 7.11 Å². The van der Waals surface area contributed by atoms with Gasteiger partial charge in [0.2, 0.25) is 0 Å². The molecule has 1 heterocycles. The molecule has 95 valence electrons. The highest BCUT2D eigenvalue weighted by Gasteiger charge is 2.12. The van der Waals surface area contributed by atoms with Crippen molar-refractivity contribution in [2.75, 3.05) is 7.11 Å². The minimum absolute atomic E-state index is 0.0140. The smallest absolute Gasteiger partial charge is 0.0959 e. The maximum atomic E-state index is 5.35. The van der Waals surface area contributed by atoms with Gasteiger partial charge in [-0.15, -0.1) is 0 Å². The number of nitrogens with zero attached hydrogens (tertiary/aromatic N) is 2. The van der Waals surface area contributed by atoms with Crippen molar-refractivity contribution in [2.24, 2.45) is 0 Å². The van der Waals surface area contributed by atoms with E-state index in [2.05, 4.69) is 40.1 Å². The SMILES string of the molecule is [CH2]c1cc(C(C)OC)n(Cc2cccc(Br)c2)n1. The molecule has 0 saturated carbocycles. The van der Waals surface area contributed by atoms with E-state index in [0.717, 1.165) is 22.4 Å². The molecule has 0 aliphatic carbocycles. The average molecular weight is 308 g/mol. The molecular formula is C14H16BrN2O. The predicted octanol–water partition coefficient (Wildman–Crippen LogP) is 3.58. The van der Waals surface area contributed by atoms with Crippen LogP contribution >= 0.6 is 15.9 Å². The van der Waals surface area contributed by atoms with Gasteiger partial charge in [0.25, 0.3) is 0 Å². The highest BCUT2D eigenvalue weighted by molar-refractivity contribution is 9.10. The first-order valence-electron chi connectivity index (χ1n) is 5.77. The Balaban J connectivity index is 2.28. The van der Waals surface area contributed by atoms with E-state index < -0.39 is 0 Å². The zero-order valence-corrected chi connectivity index (χ0v) is 12.1. The van der Waals surface area contributed by atoms with E-state index in [9.17, 15) is 0 Å². The lowest BCUT2D eigenvalue weighted by molar-refractivity contribution is 0.112. The first-order valence-corrected chi connectivity index (χ1v) is 6.56. The fourth-order valence-electron chi connectivity index (χ4n) is 1.87. The molecule has 2 aromatic rings. The van der Waals surface area contributed by atoms with Gasteiger partial charge < -0.3 is 4.74 Å². The molecule has 0 bridgehead atoms. The summed E-state index contributed by atoms with van der Waals surface area (Å²) in [6.45, 7) is 6.61. The molecule has 1 aromatic carbocycles. The van der Waals surface area contributed by atoms with Crippen LogP contribution in [0, 0.1) is 6.92 Å². The molecule has 4 heteroatoms. The Morgan fingerprint density at radius 2 is 2.22 bits per heavy atom. The molecule has 1 aromatic heterocycles. The summed E-state index contributed by atoms with van der Waals surface area (Å²) in [6.07, 6.45) is 0.0140. The molecule has 0 amide bonds. The first kappa shape index (κ1) is 13.3. The fraction of sp³-hybridized carbons (Fsp3) is 0.286. The Bertz CT molecular complexity index is 536. The highest BCUT2D eigenvalue weighted by atomic mass is 79.9. The summed E-state index contributed by atoms with van der Waals surface area (Å²) in [5, 5.41) is 4.41. The van der Waals surface area contributed by atoms with Crippen molar-refractivity contribution >= 4 is 15.9 Å². The Kier molecular flexibility index (Phi) is 4.19. The van der Waals surface area contributed by atoms with Gasteiger partial charge in [0.1, 0.15) is 0 Å². The minimum atomic E-state index is 0.0140. The second-order valence-corrected chi connectivity index (χ2v) is 5.14. The first-order chi connectivity index (χ1) is 8.60. The number of hydrogen-bond donors (Lipinski definition) is 0. The fourth-order valence-corrected chi connectivity index (χ4v) is 2.32. The van der Waals surface area contributed by atoms with Crippen molar-refractivity contribution in [2.45, 2.75) is 19.6 Å². The molecule has 1 atom stereocenters. The summed E-state index contributed by atoms with van der Waals surface area (Å²) in [5.41, 5.74) is 3.00. The second-order valence-electron chi connectivity index (χ2n) is 4.23. The van der Waals surface area contributed by atoms with E-state index in [0.29, 0.717) is 0 Å². The van der Waals surface area contributed by atoms with Crippen LogP contribution in [0.15, 0.2) is 34.8 Å². The Labute approximate surface area is 116 Å². The Hall–Kier alpha value is -1.13. The van der Waals surface area contributed by atoms with Crippen molar-refractivity contribution in [3.63, 3.8) is 0 Å². The van der Waals surface area contributed by atoms with Crippen LogP contribution in [0.25, 0.3) is 0 Å². The van der Waals surface area contributed by atoms with Crippen molar-refractivity contribution in [1.29, 1.82) is 0 Å². The molecule has 2 rings (SSSR count). The third-order valence-corrected chi connectivity index (χ3v) is 3.35. The second kappa shape index (κ2) is 5.67. The number of benzene rings is 1. The number of halogens is 1. The maximum absolute atomic E-state index is 5.35. The lowest BCUT2D eigenvalue weighted by Crippen LogP contribution is -2.09. The average Bonchev–Trinajstić information content (AvgIpc) is 2.69. The molecule has 0 fully saturated rings. The molecule has 0 aliphatic heterocycles. The largest absolute Gasteiger partial charge is 0.375 e. The van der Waals surface area contributed by atoms with Gasteiger partial charge in [-0.3, -0.25) is 4.68 Å². The lowest BCUT2D eigenvalue weighted by atomic mass is 10.2. The quantitative estimate of drug-likeness (QED) is 0.863. The standard InChI is InChI=1S/C14H16BrN2O/c1-10-7-14(11(2)18-3)17(16-10)9-12-5-4-6-13(15)8-12/h4-8,11H,1,9H2,2-3H3. The van der Waals surface area contributed by atoms with Crippen molar-refractivity contribution < 1.29 is 4.74 Å². The number of methoxy groups -OCH3 is 1. The summed E-state index contributed by atoms with van der Waals surface area (Å²) >= 11 is 3.48. The van der Waals surface area contributed by atoms with Crippen LogP contribution in [0.4, 0.5) is 0 Å². The molecular weight excluding hydrogens is 292 g/mol. The van der Waals surface area contributed by atoms with Crippen molar-refractivity contribution in [3.8, 4) is 0 Å². The Morgan fingerprint density at radius 1 is 1.44 bits per heavy atom. The molecule has 0 saturated heterocycles. The number of rotatable bonds is 4. The highest BCUT2D eigenvalue weighted by Crippen LogP contribution is 2.19. The number of hydrogen-bond acceptors (Lipinski definition) is 2. The zero-order valence-electron chi connectivity index (χ0n) is 10.6. The molecule has 1 unspecified atom stereocenters. The zero-order chi connectivity index (χ0) is 13.1. The van der Waals surface area contributed by atoms with Crippen molar-refractivity contribution in [1.82, 2.24) is 9.78 Å². The van der Waals surface area contributed by atoms with Crippen LogP contribution < -0.4 is 0 Å². The molecule has 0 spiro atoms. The van der Waals surface area contributed by atoms with Gasteiger partial charge in [-0.25, -0.2) is 0 Å². The van der Waals surface area contributed by atoms with Gasteiger partial charge in [0, 0.05) is 11.6 Å². The predicted molar refractivity (Wildman–Crippen MR) is 75.4 cm³/mol. The van der Waals surface area contributed by atoms with E-state index in [1.165, 1.54) is 5.56 Å². The van der Waals surface area contributed by atoms with Gasteiger partial charge in [-0.05, 0) is 37.6 Å². The van der Waals surface area contributed by atoms with Crippen molar-refractivity contribution in [3.05, 3.63) is 58.7 Å². The summed E-state index contributed by atoms with van der Waals surface area (Å²) in [5.74, 6) is 0. The Morgan fingerprint density at radius 3 is 2.89 bits per heavy atom. The molecule has 1 radical (unpaired) electrons. The summed E-state index contributed by atoms with van der Waals surface area (Å²) < 4.78 is 8.37. The van der Waals surface area contributed by atoms with Crippen LogP contribution in [0.1, 0.15) is 30.0 Å². The van der Waals surface area contributed by atoms with Crippen LogP contribution in [0.5, 0.6) is 0 Å². The number of ether oxygens (including phenoxy) is 1. The van der Waals surface area contributed by atoms with Gasteiger partial charge in [-0.1, -0.05) is 28.1 Å². The van der Waals surface area contributed by atoms with E-state index >= 15 is 0 Å². The van der Waals surface area contributed by atoms with E-state index in [-0.39, 0.29) is 6.10 Å². The molecule has 18 heavy (non-hydrogen) atoms. The topological polar surface area (TPSA) is 27.1 Å². The molecule has 0 N–H and O–H groups in total. The summed E-state index contributed by atoms with van der Waals surface area (Å²) in [6, 6.07) is 10.2. The van der Waals surface area contributed by atoms with Crippen LogP contribution in [-0.2, 0) is 11.3 Å². The summed E-state index contributed by atoms with van der Waals surface area (Å²) in [4.78, 5) is 0. The third kappa shape index (κ3) is 3.00. The maximum Gasteiger partial charge on any atom is 0.0959 e. The van der Waals surface area contributed by atoms with Gasteiger partial charge in [0.15, 0.2) is 0 Å². The van der Waals surface area contributed by atoms with Crippen LogP contribution in [-0.4, -0.2) is 16.9 Å². The van der Waals surface area contributed by atoms with Crippen LogP contribution in [0.3, 0.4) is 0 Å². The number of aromatic nitrogens is 2. The normalized spacial score (nSPS) is 12.7. The van der Waals surface area contributed by atoms with E-state index in [1.807, 2.05) is 29.8 Å². The van der Waals surface area contributed by atoms with E-state index in [4.69, 9.17) is 4.74 Å². The minimum Gasteiger partial charge on any atom is -0.375 e. The summed E-state index contributed by atoms with van der Waals surface area (Å²) in [7, 11) is 1.70. The van der Waals surface area contributed by atoms with Crippen LogP contribution in [0.2, 0.25) is 0 Å². The van der Waals surface area contributed by atoms with Gasteiger partial charge >= 0.3 is 0 Å². The monoisotopic (exact) mass is 307 g/mol. The molecule has 3 nitrogen and oxygen atoms in total. The van der Waals surface area contributed by atoms with Gasteiger partial charge in [-0.2, -0.15) is 5.10 Å². The third-order valence-electron chi connectivity index (χ3n) is 2.85. The molecule has 0 aliphatic rings.